The van der Waals surface area contributed by atoms with E-state index in [1.165, 1.54) is 0 Å². The molecule has 12 heavy (non-hydrogen) atoms. The van der Waals surface area contributed by atoms with Gasteiger partial charge >= 0.3 is 0 Å². The summed E-state index contributed by atoms with van der Waals surface area (Å²) in [6.07, 6.45) is 0.272. The van der Waals surface area contributed by atoms with E-state index >= 15 is 0 Å². The number of rotatable bonds is 0. The molecule has 62 valence electrons. The van der Waals surface area contributed by atoms with Crippen LogP contribution in [0.5, 0.6) is 0 Å². The van der Waals surface area contributed by atoms with Crippen LogP contribution in [-0.4, -0.2) is 17.1 Å². The average Bonchev–Trinajstić information content (AvgIpc) is 2.07. The Hall–Kier alpha value is -1.45. The lowest BCUT2D eigenvalue weighted by Crippen LogP contribution is -2.31. The number of carbonyl (C=O) groups excluding carboxylic acids is 1. The number of anilines is 1. The van der Waals surface area contributed by atoms with Crippen LogP contribution in [-0.2, 0) is 11.2 Å². The summed E-state index contributed by atoms with van der Waals surface area (Å²) in [6.45, 7) is 0. The molecule has 1 aromatic rings. The summed E-state index contributed by atoms with van der Waals surface area (Å²) in [5, 5.41) is 2.38. The van der Waals surface area contributed by atoms with Crippen molar-refractivity contribution in [3.8, 4) is 0 Å². The standard InChI is InChI=1S/C8H7FN2O/c9-6-4-5-2-1-3-10-7(5)11-8(6)12/h1-3,6H,4H2,(H,10,11,12). The Bertz CT molecular complexity index is 327. The van der Waals surface area contributed by atoms with E-state index in [9.17, 15) is 9.18 Å². The highest BCUT2D eigenvalue weighted by molar-refractivity contribution is 5.96. The Morgan fingerprint density at radius 2 is 2.50 bits per heavy atom. The van der Waals surface area contributed by atoms with Crippen LogP contribution >= 0.6 is 0 Å². The molecule has 3 nitrogen and oxygen atoms in total. The van der Waals surface area contributed by atoms with E-state index in [1.807, 2.05) is 0 Å². The van der Waals surface area contributed by atoms with Gasteiger partial charge in [-0.3, -0.25) is 4.79 Å². The third-order valence-electron chi connectivity index (χ3n) is 1.82. The Morgan fingerprint density at radius 3 is 3.33 bits per heavy atom. The predicted molar refractivity (Wildman–Crippen MR) is 41.5 cm³/mol. The summed E-state index contributed by atoms with van der Waals surface area (Å²) >= 11 is 0. The Balaban J connectivity index is 2.40. The molecular weight excluding hydrogens is 159 g/mol. The van der Waals surface area contributed by atoms with Crippen LogP contribution in [0, 0.1) is 0 Å². The Morgan fingerprint density at radius 1 is 1.67 bits per heavy atom. The van der Waals surface area contributed by atoms with Gasteiger partial charge in [-0.05, 0) is 11.6 Å². The highest BCUT2D eigenvalue weighted by Crippen LogP contribution is 2.20. The third-order valence-corrected chi connectivity index (χ3v) is 1.82. The van der Waals surface area contributed by atoms with Gasteiger partial charge in [-0.25, -0.2) is 9.37 Å². The van der Waals surface area contributed by atoms with Gasteiger partial charge in [0.05, 0.1) is 0 Å². The lowest BCUT2D eigenvalue weighted by atomic mass is 10.1. The fraction of sp³-hybridized carbons (Fsp3) is 0.250. The molecule has 2 rings (SSSR count). The maximum atomic E-state index is 12.8. The van der Waals surface area contributed by atoms with Gasteiger partial charge in [0.2, 0.25) is 0 Å². The highest BCUT2D eigenvalue weighted by Gasteiger charge is 2.25. The van der Waals surface area contributed by atoms with Crippen LogP contribution in [0.2, 0.25) is 0 Å². The molecule has 0 aliphatic carbocycles. The molecule has 4 heteroatoms. The Labute approximate surface area is 68.6 Å². The number of carbonyl (C=O) groups is 1. The molecule has 0 bridgehead atoms. The van der Waals surface area contributed by atoms with Gasteiger partial charge < -0.3 is 5.32 Å². The zero-order chi connectivity index (χ0) is 8.55. The van der Waals surface area contributed by atoms with E-state index in [0.29, 0.717) is 5.82 Å². The first-order chi connectivity index (χ1) is 5.77. The van der Waals surface area contributed by atoms with Gasteiger partial charge in [0, 0.05) is 12.6 Å². The summed E-state index contributed by atoms with van der Waals surface area (Å²) in [6, 6.07) is 3.48. The number of halogens is 1. The first-order valence-corrected chi connectivity index (χ1v) is 3.66. The van der Waals surface area contributed by atoms with Crippen molar-refractivity contribution in [1.29, 1.82) is 0 Å². The number of amides is 1. The molecule has 0 fully saturated rings. The minimum atomic E-state index is -1.43. The second-order valence-corrected chi connectivity index (χ2v) is 2.67. The summed E-state index contributed by atoms with van der Waals surface area (Å²) in [5.74, 6) is -0.113. The van der Waals surface area contributed by atoms with E-state index in [-0.39, 0.29) is 6.42 Å². The fourth-order valence-corrected chi connectivity index (χ4v) is 1.20. The van der Waals surface area contributed by atoms with Crippen LogP contribution in [0.3, 0.4) is 0 Å². The number of nitrogens with zero attached hydrogens (tertiary/aromatic N) is 1. The summed E-state index contributed by atoms with van der Waals surface area (Å²) in [5.41, 5.74) is 0.754. The first kappa shape index (κ1) is 7.21. The lowest BCUT2D eigenvalue weighted by Gasteiger charge is -2.17. The van der Waals surface area contributed by atoms with E-state index in [2.05, 4.69) is 10.3 Å². The Kier molecular flexibility index (Phi) is 1.53. The van der Waals surface area contributed by atoms with Crippen LogP contribution in [0.15, 0.2) is 18.3 Å². The van der Waals surface area contributed by atoms with Gasteiger partial charge in [-0.2, -0.15) is 0 Å². The molecule has 1 aromatic heterocycles. The molecule has 1 N–H and O–H groups in total. The molecule has 1 aliphatic rings. The molecule has 1 aliphatic heterocycles. The van der Waals surface area contributed by atoms with Crippen molar-refractivity contribution in [1.82, 2.24) is 4.98 Å². The van der Waals surface area contributed by atoms with E-state index in [4.69, 9.17) is 0 Å². The maximum absolute atomic E-state index is 12.8. The molecule has 0 saturated heterocycles. The van der Waals surface area contributed by atoms with E-state index < -0.39 is 12.1 Å². The number of nitrogens with one attached hydrogen (secondary N) is 1. The summed E-state index contributed by atoms with van der Waals surface area (Å²) in [7, 11) is 0. The zero-order valence-corrected chi connectivity index (χ0v) is 6.25. The van der Waals surface area contributed by atoms with E-state index in [1.54, 1.807) is 18.3 Å². The molecule has 0 saturated carbocycles. The van der Waals surface area contributed by atoms with Gasteiger partial charge in [-0.15, -0.1) is 0 Å². The quantitative estimate of drug-likeness (QED) is 0.622. The molecule has 1 amide bonds. The smallest absolute Gasteiger partial charge is 0.260 e. The van der Waals surface area contributed by atoms with Crippen molar-refractivity contribution in [3.05, 3.63) is 23.9 Å². The molecule has 0 spiro atoms. The SMILES string of the molecule is O=C1Nc2ncccc2CC1F. The normalized spacial score (nSPS) is 21.4. The number of pyridine rings is 1. The third kappa shape index (κ3) is 1.05. The summed E-state index contributed by atoms with van der Waals surface area (Å²) in [4.78, 5) is 14.7. The minimum Gasteiger partial charge on any atom is -0.308 e. The number of fused-ring (bicyclic) bond motifs is 1. The van der Waals surface area contributed by atoms with Crippen LogP contribution in [0.4, 0.5) is 10.2 Å². The number of aromatic nitrogens is 1. The maximum Gasteiger partial charge on any atom is 0.260 e. The number of hydrogen-bond acceptors (Lipinski definition) is 2. The molecule has 1 unspecified atom stereocenters. The topological polar surface area (TPSA) is 42.0 Å². The van der Waals surface area contributed by atoms with Crippen LogP contribution in [0.1, 0.15) is 5.56 Å². The van der Waals surface area contributed by atoms with Gasteiger partial charge in [0.15, 0.2) is 6.17 Å². The van der Waals surface area contributed by atoms with Crippen LogP contribution in [0.25, 0.3) is 0 Å². The van der Waals surface area contributed by atoms with E-state index in [0.717, 1.165) is 5.56 Å². The van der Waals surface area contributed by atoms with Crippen molar-refractivity contribution in [2.24, 2.45) is 0 Å². The van der Waals surface area contributed by atoms with Crippen molar-refractivity contribution in [3.63, 3.8) is 0 Å². The molecule has 2 heterocycles. The molecule has 0 aromatic carbocycles. The van der Waals surface area contributed by atoms with Crippen LogP contribution < -0.4 is 5.32 Å². The second kappa shape index (κ2) is 2.55. The van der Waals surface area contributed by atoms with Crippen molar-refractivity contribution in [2.75, 3.05) is 5.32 Å². The van der Waals surface area contributed by atoms with Gasteiger partial charge in [0.1, 0.15) is 5.82 Å². The monoisotopic (exact) mass is 166 g/mol. The second-order valence-electron chi connectivity index (χ2n) is 2.67. The molecule has 1 atom stereocenters. The average molecular weight is 166 g/mol. The van der Waals surface area contributed by atoms with Gasteiger partial charge in [-0.1, -0.05) is 6.07 Å². The highest BCUT2D eigenvalue weighted by atomic mass is 19.1. The van der Waals surface area contributed by atoms with Crippen molar-refractivity contribution < 1.29 is 9.18 Å². The van der Waals surface area contributed by atoms with Crippen molar-refractivity contribution >= 4 is 11.7 Å². The number of alkyl halides is 1. The number of hydrogen-bond donors (Lipinski definition) is 1. The zero-order valence-electron chi connectivity index (χ0n) is 6.25. The summed E-state index contributed by atoms with van der Waals surface area (Å²) < 4.78 is 12.8. The first-order valence-electron chi connectivity index (χ1n) is 3.66. The largest absolute Gasteiger partial charge is 0.308 e. The molecule has 0 radical (unpaired) electrons. The lowest BCUT2D eigenvalue weighted by molar-refractivity contribution is -0.121. The minimum absolute atomic E-state index is 0.134. The van der Waals surface area contributed by atoms with Crippen molar-refractivity contribution in [2.45, 2.75) is 12.6 Å². The molecular formula is C8H7FN2O. The fourth-order valence-electron chi connectivity index (χ4n) is 1.20. The predicted octanol–water partition coefficient (Wildman–Crippen LogP) is 0.914. The van der Waals surface area contributed by atoms with Gasteiger partial charge in [0.25, 0.3) is 5.91 Å².